The van der Waals surface area contributed by atoms with Gasteiger partial charge in [-0.1, -0.05) is 6.07 Å². The Balaban J connectivity index is 1.43. The lowest BCUT2D eigenvalue weighted by atomic mass is 9.90. The van der Waals surface area contributed by atoms with E-state index in [9.17, 15) is 9.59 Å². The van der Waals surface area contributed by atoms with Crippen LogP contribution in [0.15, 0.2) is 24.4 Å². The molecule has 0 spiro atoms. The van der Waals surface area contributed by atoms with Gasteiger partial charge in [0.15, 0.2) is 0 Å². The molecule has 2 aliphatic rings. The minimum absolute atomic E-state index is 0.0309. The van der Waals surface area contributed by atoms with E-state index in [1.54, 1.807) is 24.5 Å². The molecule has 3 heterocycles. The van der Waals surface area contributed by atoms with E-state index in [4.69, 9.17) is 4.98 Å². The zero-order valence-corrected chi connectivity index (χ0v) is 15.7. The quantitative estimate of drug-likeness (QED) is 0.811. The zero-order valence-electron chi connectivity index (χ0n) is 14.9. The Kier molecular flexibility index (Phi) is 4.72. The van der Waals surface area contributed by atoms with Gasteiger partial charge in [-0.05, 0) is 31.4 Å². The first-order valence-electron chi connectivity index (χ1n) is 9.06. The molecule has 0 aromatic carbocycles. The van der Waals surface area contributed by atoms with Crippen LogP contribution >= 0.6 is 11.3 Å². The smallest absolute Gasteiger partial charge is 0.226 e. The number of aromatic nitrogens is 2. The molecule has 1 unspecified atom stereocenters. The number of aryl methyl sites for hydroxylation is 1. The van der Waals surface area contributed by atoms with Crippen LogP contribution in [-0.4, -0.2) is 57.8 Å². The number of pyridine rings is 1. The summed E-state index contributed by atoms with van der Waals surface area (Å²) in [6, 6.07) is 5.84. The molecule has 1 saturated heterocycles. The van der Waals surface area contributed by atoms with E-state index in [0.717, 1.165) is 35.7 Å². The summed E-state index contributed by atoms with van der Waals surface area (Å²) in [5, 5.41) is 0.943. The van der Waals surface area contributed by atoms with Crippen LogP contribution in [0.4, 0.5) is 0 Å². The third kappa shape index (κ3) is 3.35. The highest BCUT2D eigenvalue weighted by Crippen LogP contribution is 2.34. The normalized spacial score (nSPS) is 20.0. The number of nitrogens with zero attached hydrogens (tertiary/aromatic N) is 4. The Morgan fingerprint density at radius 2 is 1.92 bits per heavy atom. The lowest BCUT2D eigenvalue weighted by molar-refractivity contribution is -0.141. The molecule has 2 aromatic rings. The van der Waals surface area contributed by atoms with Crippen molar-refractivity contribution in [3.8, 4) is 10.7 Å². The fourth-order valence-corrected chi connectivity index (χ4v) is 4.85. The second-order valence-electron chi connectivity index (χ2n) is 6.87. The lowest BCUT2D eigenvalue weighted by Gasteiger charge is -2.36. The molecule has 7 heteroatoms. The van der Waals surface area contributed by atoms with E-state index in [1.807, 2.05) is 28.0 Å². The van der Waals surface area contributed by atoms with Gasteiger partial charge in [0.2, 0.25) is 11.8 Å². The average molecular weight is 370 g/mol. The third-order valence-corrected chi connectivity index (χ3v) is 6.35. The van der Waals surface area contributed by atoms with Gasteiger partial charge >= 0.3 is 0 Å². The first kappa shape index (κ1) is 17.1. The van der Waals surface area contributed by atoms with Gasteiger partial charge in [0.25, 0.3) is 0 Å². The Labute approximate surface area is 156 Å². The molecule has 1 atom stereocenters. The maximum absolute atomic E-state index is 12.9. The minimum Gasteiger partial charge on any atom is -0.339 e. The number of carbonyl (C=O) groups excluding carboxylic acids is 2. The van der Waals surface area contributed by atoms with Gasteiger partial charge < -0.3 is 9.80 Å². The molecule has 0 radical (unpaired) electrons. The summed E-state index contributed by atoms with van der Waals surface area (Å²) in [7, 11) is 0. The van der Waals surface area contributed by atoms with E-state index < -0.39 is 0 Å². The van der Waals surface area contributed by atoms with Crippen LogP contribution in [0.25, 0.3) is 10.7 Å². The number of hydrogen-bond donors (Lipinski definition) is 0. The van der Waals surface area contributed by atoms with Crippen molar-refractivity contribution in [1.29, 1.82) is 0 Å². The van der Waals surface area contributed by atoms with Crippen molar-refractivity contribution in [2.24, 2.45) is 5.92 Å². The van der Waals surface area contributed by atoms with Crippen molar-refractivity contribution in [2.75, 3.05) is 26.2 Å². The number of fused-ring (bicyclic) bond motifs is 1. The summed E-state index contributed by atoms with van der Waals surface area (Å²) in [5.74, 6) is 0.348. The average Bonchev–Trinajstić information content (AvgIpc) is 3.11. The highest BCUT2D eigenvalue weighted by Gasteiger charge is 2.32. The first-order chi connectivity index (χ1) is 12.6. The highest BCUT2D eigenvalue weighted by molar-refractivity contribution is 7.15. The van der Waals surface area contributed by atoms with Crippen LogP contribution in [-0.2, 0) is 22.4 Å². The maximum atomic E-state index is 12.9. The van der Waals surface area contributed by atoms with Crippen molar-refractivity contribution < 1.29 is 9.59 Å². The summed E-state index contributed by atoms with van der Waals surface area (Å²) >= 11 is 1.66. The van der Waals surface area contributed by atoms with Crippen LogP contribution in [0.3, 0.4) is 0 Å². The summed E-state index contributed by atoms with van der Waals surface area (Å²) < 4.78 is 0. The van der Waals surface area contributed by atoms with E-state index in [0.29, 0.717) is 26.2 Å². The fraction of sp³-hybridized carbons (Fsp3) is 0.474. The Morgan fingerprint density at radius 3 is 2.62 bits per heavy atom. The molecule has 1 aliphatic heterocycles. The van der Waals surface area contributed by atoms with Gasteiger partial charge in [-0.3, -0.25) is 14.6 Å². The number of piperazine rings is 1. The second-order valence-corrected chi connectivity index (χ2v) is 7.96. The van der Waals surface area contributed by atoms with Crippen molar-refractivity contribution in [3.05, 3.63) is 35.0 Å². The number of rotatable bonds is 2. The predicted molar refractivity (Wildman–Crippen MR) is 99.7 cm³/mol. The molecule has 26 heavy (non-hydrogen) atoms. The monoisotopic (exact) mass is 370 g/mol. The summed E-state index contributed by atoms with van der Waals surface area (Å²) in [4.78, 5) is 38.4. The van der Waals surface area contributed by atoms with Gasteiger partial charge in [-0.25, -0.2) is 4.98 Å². The van der Waals surface area contributed by atoms with Gasteiger partial charge in [0.1, 0.15) is 5.01 Å². The largest absolute Gasteiger partial charge is 0.339 e. The number of amides is 2. The second kappa shape index (κ2) is 7.15. The van der Waals surface area contributed by atoms with E-state index in [-0.39, 0.29) is 17.7 Å². The van der Waals surface area contributed by atoms with E-state index >= 15 is 0 Å². The topological polar surface area (TPSA) is 66.4 Å². The minimum atomic E-state index is 0.0309. The van der Waals surface area contributed by atoms with Crippen molar-refractivity contribution >= 4 is 23.2 Å². The number of carbonyl (C=O) groups is 2. The zero-order chi connectivity index (χ0) is 18.1. The van der Waals surface area contributed by atoms with Crippen LogP contribution < -0.4 is 0 Å². The molecular weight excluding hydrogens is 348 g/mol. The van der Waals surface area contributed by atoms with Crippen molar-refractivity contribution in [2.45, 2.75) is 26.2 Å². The predicted octanol–water partition coefficient (Wildman–Crippen LogP) is 2.00. The molecule has 1 fully saturated rings. The Bertz CT molecular complexity index is 812. The maximum Gasteiger partial charge on any atom is 0.226 e. The number of thiazole rings is 1. The molecule has 4 rings (SSSR count). The van der Waals surface area contributed by atoms with Crippen LogP contribution in [0, 0.1) is 5.92 Å². The third-order valence-electron chi connectivity index (χ3n) is 5.21. The molecule has 6 nitrogen and oxygen atoms in total. The lowest BCUT2D eigenvalue weighted by Crippen LogP contribution is -2.51. The molecule has 136 valence electrons. The van der Waals surface area contributed by atoms with Crippen LogP contribution in [0.5, 0.6) is 0 Å². The van der Waals surface area contributed by atoms with Crippen molar-refractivity contribution in [1.82, 2.24) is 19.8 Å². The van der Waals surface area contributed by atoms with Gasteiger partial charge in [-0.2, -0.15) is 0 Å². The SMILES string of the molecule is CC(=O)N1CCN(C(=O)C2CCc3nc(-c4ccccn4)sc3C2)CC1. The highest BCUT2D eigenvalue weighted by atomic mass is 32.1. The molecule has 2 amide bonds. The molecule has 0 saturated carbocycles. The first-order valence-corrected chi connectivity index (χ1v) is 9.88. The van der Waals surface area contributed by atoms with Gasteiger partial charge in [0, 0.05) is 50.1 Å². The molecular formula is C19H22N4O2S. The van der Waals surface area contributed by atoms with E-state index in [2.05, 4.69) is 4.98 Å². The van der Waals surface area contributed by atoms with E-state index in [1.165, 1.54) is 4.88 Å². The Hall–Kier alpha value is -2.28. The molecule has 0 bridgehead atoms. The summed E-state index contributed by atoms with van der Waals surface area (Å²) in [5.41, 5.74) is 2.02. The van der Waals surface area contributed by atoms with Gasteiger partial charge in [0.05, 0.1) is 11.4 Å². The van der Waals surface area contributed by atoms with Crippen LogP contribution in [0.2, 0.25) is 0 Å². The molecule has 1 aliphatic carbocycles. The number of hydrogen-bond acceptors (Lipinski definition) is 5. The Morgan fingerprint density at radius 1 is 1.15 bits per heavy atom. The summed E-state index contributed by atoms with van der Waals surface area (Å²) in [6.45, 7) is 4.16. The van der Waals surface area contributed by atoms with Crippen LogP contribution in [0.1, 0.15) is 23.9 Å². The van der Waals surface area contributed by atoms with Gasteiger partial charge in [-0.15, -0.1) is 11.3 Å². The summed E-state index contributed by atoms with van der Waals surface area (Å²) in [6.07, 6.45) is 4.25. The molecule has 2 aromatic heterocycles. The van der Waals surface area contributed by atoms with Crippen molar-refractivity contribution in [3.63, 3.8) is 0 Å². The standard InChI is InChI=1S/C19H22N4O2S/c1-13(24)22-8-10-23(11-9-22)19(25)14-5-6-15-17(12-14)26-18(21-15)16-4-2-3-7-20-16/h2-4,7,14H,5-6,8-12H2,1H3. The fourth-order valence-electron chi connectivity index (χ4n) is 3.68. The molecule has 0 N–H and O–H groups in total.